The first-order valence-corrected chi connectivity index (χ1v) is 11.3. The molecule has 1 aromatic heterocycles. The van der Waals surface area contributed by atoms with Crippen LogP contribution in [0.25, 0.3) is 0 Å². The highest BCUT2D eigenvalue weighted by Gasteiger charge is 2.24. The molecule has 0 unspecified atom stereocenters. The van der Waals surface area contributed by atoms with Gasteiger partial charge in [-0.3, -0.25) is 14.5 Å². The molecule has 1 fully saturated rings. The summed E-state index contributed by atoms with van der Waals surface area (Å²) in [5.74, 6) is -0.201. The minimum atomic E-state index is -3.57. The Kier molecular flexibility index (Phi) is 6.11. The summed E-state index contributed by atoms with van der Waals surface area (Å²) in [6.07, 6.45) is 1.44. The molecule has 28 heavy (non-hydrogen) atoms. The fourth-order valence-corrected chi connectivity index (χ4v) is 4.94. The summed E-state index contributed by atoms with van der Waals surface area (Å²) in [4.78, 5) is 30.2. The van der Waals surface area contributed by atoms with Gasteiger partial charge in [-0.25, -0.2) is 18.1 Å². The third-order valence-electron chi connectivity index (χ3n) is 4.02. The summed E-state index contributed by atoms with van der Waals surface area (Å²) in [6, 6.07) is 5.77. The quantitative estimate of drug-likeness (QED) is 0.711. The van der Waals surface area contributed by atoms with Crippen molar-refractivity contribution in [1.82, 2.24) is 9.71 Å². The number of anilines is 2. The smallest absolute Gasteiger partial charge is 0.240 e. The van der Waals surface area contributed by atoms with Gasteiger partial charge in [-0.05, 0) is 44.5 Å². The van der Waals surface area contributed by atoms with Crippen molar-refractivity contribution in [3.63, 3.8) is 0 Å². The molecule has 1 aromatic carbocycles. The number of nitrogens with one attached hydrogen (secondary N) is 2. The van der Waals surface area contributed by atoms with Crippen molar-refractivity contribution in [2.45, 2.75) is 44.0 Å². The van der Waals surface area contributed by atoms with E-state index < -0.39 is 10.0 Å². The molecule has 0 atom stereocenters. The third-order valence-corrected chi connectivity index (χ3v) is 6.61. The van der Waals surface area contributed by atoms with Crippen LogP contribution in [0.5, 0.6) is 0 Å². The van der Waals surface area contributed by atoms with Gasteiger partial charge >= 0.3 is 0 Å². The highest BCUT2D eigenvalue weighted by molar-refractivity contribution is 7.89. The lowest BCUT2D eigenvalue weighted by Gasteiger charge is -2.11. The van der Waals surface area contributed by atoms with Crippen molar-refractivity contribution in [3.05, 3.63) is 35.3 Å². The molecule has 1 aliphatic heterocycles. The van der Waals surface area contributed by atoms with Crippen LogP contribution in [0.15, 0.2) is 34.5 Å². The number of sulfonamides is 1. The molecule has 2 amide bonds. The molecule has 0 aliphatic carbocycles. The van der Waals surface area contributed by atoms with Crippen LogP contribution in [-0.2, 0) is 26.0 Å². The molecular weight excluding hydrogens is 400 g/mol. The second-order valence-corrected chi connectivity index (χ2v) is 9.35. The molecule has 1 aliphatic rings. The fourth-order valence-electron chi connectivity index (χ4n) is 2.82. The van der Waals surface area contributed by atoms with Crippen LogP contribution >= 0.6 is 11.3 Å². The molecule has 3 rings (SSSR count). The van der Waals surface area contributed by atoms with E-state index in [1.54, 1.807) is 36.3 Å². The molecule has 0 bridgehead atoms. The Balaban J connectivity index is 1.59. The van der Waals surface area contributed by atoms with Crippen LogP contribution in [0.3, 0.4) is 0 Å². The topological polar surface area (TPSA) is 108 Å². The number of aromatic nitrogens is 1. The summed E-state index contributed by atoms with van der Waals surface area (Å²) in [6.45, 7) is 4.16. The highest BCUT2D eigenvalue weighted by atomic mass is 32.2. The van der Waals surface area contributed by atoms with Gasteiger partial charge in [-0.15, -0.1) is 11.3 Å². The lowest BCUT2D eigenvalue weighted by molar-refractivity contribution is -0.117. The van der Waals surface area contributed by atoms with Crippen LogP contribution < -0.4 is 14.9 Å². The Bertz CT molecular complexity index is 968. The van der Waals surface area contributed by atoms with E-state index in [0.29, 0.717) is 29.5 Å². The lowest BCUT2D eigenvalue weighted by Crippen LogP contribution is -2.30. The molecule has 8 nitrogen and oxygen atoms in total. The van der Waals surface area contributed by atoms with Crippen molar-refractivity contribution in [1.29, 1.82) is 0 Å². The minimum absolute atomic E-state index is 0.0624. The van der Waals surface area contributed by atoms with Gasteiger partial charge in [0.15, 0.2) is 5.13 Å². The van der Waals surface area contributed by atoms with Crippen LogP contribution in [0.1, 0.15) is 32.4 Å². The van der Waals surface area contributed by atoms with Gasteiger partial charge < -0.3 is 5.32 Å². The lowest BCUT2D eigenvalue weighted by atomic mass is 10.3. The molecular formula is C18H22N4O4S2. The number of thiazole rings is 1. The fraction of sp³-hybridized carbons (Fsp3) is 0.389. The van der Waals surface area contributed by atoms with Gasteiger partial charge in [-0.2, -0.15) is 0 Å². The molecule has 0 spiro atoms. The molecule has 2 heterocycles. The number of hydrogen-bond donors (Lipinski definition) is 2. The zero-order chi connectivity index (χ0) is 20.3. The van der Waals surface area contributed by atoms with Crippen LogP contribution in [0.4, 0.5) is 10.8 Å². The van der Waals surface area contributed by atoms with Crippen LogP contribution in [0.2, 0.25) is 0 Å². The zero-order valence-electron chi connectivity index (χ0n) is 15.6. The highest BCUT2D eigenvalue weighted by Crippen LogP contribution is 2.25. The number of hydrogen-bond acceptors (Lipinski definition) is 6. The summed E-state index contributed by atoms with van der Waals surface area (Å²) < 4.78 is 26.7. The van der Waals surface area contributed by atoms with E-state index in [2.05, 4.69) is 15.0 Å². The van der Waals surface area contributed by atoms with Gasteiger partial charge in [0, 0.05) is 30.1 Å². The van der Waals surface area contributed by atoms with Crippen LogP contribution in [0, 0.1) is 0 Å². The Hall–Kier alpha value is -2.30. The maximum Gasteiger partial charge on any atom is 0.240 e. The van der Waals surface area contributed by atoms with E-state index in [-0.39, 0.29) is 29.2 Å². The number of nitrogens with zero attached hydrogens (tertiary/aromatic N) is 2. The van der Waals surface area contributed by atoms with Crippen molar-refractivity contribution >= 4 is 44.0 Å². The van der Waals surface area contributed by atoms with Gasteiger partial charge in [0.1, 0.15) is 0 Å². The number of carbonyl (C=O) groups excluding carboxylic acids is 2. The van der Waals surface area contributed by atoms with Crippen LogP contribution in [-0.4, -0.2) is 37.8 Å². The maximum absolute atomic E-state index is 12.2. The normalized spacial score (nSPS) is 14.7. The molecule has 10 heteroatoms. The second-order valence-electron chi connectivity index (χ2n) is 6.80. The summed E-state index contributed by atoms with van der Waals surface area (Å²) in [5.41, 5.74) is 1.09. The van der Waals surface area contributed by atoms with E-state index in [0.717, 1.165) is 6.42 Å². The first-order chi connectivity index (χ1) is 13.2. The Morgan fingerprint density at radius 3 is 2.61 bits per heavy atom. The first kappa shape index (κ1) is 20.4. The van der Waals surface area contributed by atoms with E-state index in [1.165, 1.54) is 23.5 Å². The summed E-state index contributed by atoms with van der Waals surface area (Å²) >= 11 is 1.35. The van der Waals surface area contributed by atoms with Crippen molar-refractivity contribution in [3.8, 4) is 0 Å². The van der Waals surface area contributed by atoms with E-state index in [1.807, 2.05) is 0 Å². The number of rotatable bonds is 7. The van der Waals surface area contributed by atoms with Crippen molar-refractivity contribution in [2.24, 2.45) is 0 Å². The van der Waals surface area contributed by atoms with Crippen molar-refractivity contribution < 1.29 is 18.0 Å². The largest absolute Gasteiger partial charge is 0.326 e. The molecule has 1 saturated heterocycles. The number of benzene rings is 1. The molecule has 150 valence electrons. The summed E-state index contributed by atoms with van der Waals surface area (Å²) in [5, 5.41) is 5.12. The molecule has 2 N–H and O–H groups in total. The maximum atomic E-state index is 12.2. The Morgan fingerprint density at radius 1 is 1.29 bits per heavy atom. The predicted molar refractivity (Wildman–Crippen MR) is 108 cm³/mol. The predicted octanol–water partition coefficient (Wildman–Crippen LogP) is 2.14. The second kappa shape index (κ2) is 8.38. The monoisotopic (exact) mass is 422 g/mol. The van der Waals surface area contributed by atoms with E-state index >= 15 is 0 Å². The van der Waals surface area contributed by atoms with Gasteiger partial charge in [0.05, 0.1) is 17.0 Å². The Morgan fingerprint density at radius 2 is 2.00 bits per heavy atom. The molecule has 0 saturated carbocycles. The number of amides is 2. The zero-order valence-corrected chi connectivity index (χ0v) is 17.3. The first-order valence-electron chi connectivity index (χ1n) is 8.91. The standard InChI is InChI=1S/C18H22N4O4S2/c1-12(2)21-28(25,26)15-7-5-13(6-8-15)19-16(23)10-14-11-27-18(20-14)22-9-3-4-17(22)24/h5-8,11-12,21H,3-4,9-10H2,1-2H3,(H,19,23). The van der Waals surface area contributed by atoms with Gasteiger partial charge in [0.25, 0.3) is 0 Å². The summed E-state index contributed by atoms with van der Waals surface area (Å²) in [7, 11) is -3.57. The van der Waals surface area contributed by atoms with Gasteiger partial charge in [-0.1, -0.05) is 0 Å². The number of carbonyl (C=O) groups is 2. The minimum Gasteiger partial charge on any atom is -0.326 e. The SMILES string of the molecule is CC(C)NS(=O)(=O)c1ccc(NC(=O)Cc2csc(N3CCCC3=O)n2)cc1. The van der Waals surface area contributed by atoms with Gasteiger partial charge in [0.2, 0.25) is 21.8 Å². The third kappa shape index (κ3) is 4.94. The molecule has 0 radical (unpaired) electrons. The van der Waals surface area contributed by atoms with E-state index in [9.17, 15) is 18.0 Å². The average molecular weight is 423 g/mol. The molecule has 2 aromatic rings. The Labute approximate surface area is 168 Å². The van der Waals surface area contributed by atoms with E-state index in [4.69, 9.17) is 0 Å². The van der Waals surface area contributed by atoms with Crippen molar-refractivity contribution in [2.75, 3.05) is 16.8 Å². The average Bonchev–Trinajstić information content (AvgIpc) is 3.22.